The minimum atomic E-state index is -0.494. The molecule has 0 N–H and O–H groups in total. The van der Waals surface area contributed by atoms with E-state index in [-0.39, 0.29) is 17.6 Å². The Kier molecular flexibility index (Phi) is 5.99. The molecule has 1 saturated heterocycles. The minimum Gasteiger partial charge on any atom is -0.459 e. The van der Waals surface area contributed by atoms with Crippen molar-refractivity contribution in [2.75, 3.05) is 13.6 Å². The summed E-state index contributed by atoms with van der Waals surface area (Å²) in [5.41, 5.74) is 3.71. The van der Waals surface area contributed by atoms with Crippen LogP contribution in [0.3, 0.4) is 0 Å². The van der Waals surface area contributed by atoms with E-state index >= 15 is 0 Å². The average molecular weight is 455 g/mol. The Morgan fingerprint density at radius 3 is 2.47 bits per heavy atom. The van der Waals surface area contributed by atoms with Gasteiger partial charge in [0.15, 0.2) is 5.76 Å². The lowest BCUT2D eigenvalue weighted by Gasteiger charge is -2.27. The van der Waals surface area contributed by atoms with Crippen LogP contribution in [0.15, 0.2) is 89.7 Å². The Morgan fingerprint density at radius 1 is 1.03 bits per heavy atom. The highest BCUT2D eigenvalue weighted by Gasteiger charge is 2.37. The highest BCUT2D eigenvalue weighted by molar-refractivity contribution is 5.96. The highest BCUT2D eigenvalue weighted by Crippen LogP contribution is 2.27. The first kappa shape index (κ1) is 21.7. The maximum atomic E-state index is 13.4. The maximum absolute atomic E-state index is 13.4. The van der Waals surface area contributed by atoms with E-state index in [9.17, 15) is 9.59 Å². The van der Waals surface area contributed by atoms with Gasteiger partial charge in [-0.15, -0.1) is 0 Å². The van der Waals surface area contributed by atoms with Crippen molar-refractivity contribution in [2.24, 2.45) is 0 Å². The third-order valence-corrected chi connectivity index (χ3v) is 6.17. The molecule has 5 rings (SSSR count). The highest BCUT2D eigenvalue weighted by atomic mass is 16.3. The van der Waals surface area contributed by atoms with Crippen molar-refractivity contribution in [2.45, 2.75) is 25.4 Å². The Bertz CT molecular complexity index is 1270. The predicted octanol–water partition coefficient (Wildman–Crippen LogP) is 4.40. The molecule has 1 atom stereocenters. The number of amides is 2. The second-order valence-electron chi connectivity index (χ2n) is 8.48. The van der Waals surface area contributed by atoms with Crippen molar-refractivity contribution < 1.29 is 14.0 Å². The standard InChI is InChI=1S/C27H26N4O3/c1-29(26(32)23-14-8-16-30(23)27(33)24-15-9-17-34-24)18-21-19-31(22-12-6-3-7-13-22)28-25(21)20-10-4-2-5-11-20/h2-7,9-13,15,17,19,23H,8,14,16,18H2,1H3/t23-/m0/s1. The molecule has 0 radical (unpaired) electrons. The number of carbonyl (C=O) groups is 2. The molecule has 172 valence electrons. The second-order valence-corrected chi connectivity index (χ2v) is 8.48. The van der Waals surface area contributed by atoms with Crippen LogP contribution in [0.4, 0.5) is 0 Å². The monoisotopic (exact) mass is 454 g/mol. The number of likely N-dealkylation sites (N-methyl/N-ethyl adjacent to an activating group) is 1. The van der Waals surface area contributed by atoms with E-state index in [2.05, 4.69) is 0 Å². The van der Waals surface area contributed by atoms with Crippen LogP contribution in [0.5, 0.6) is 0 Å². The van der Waals surface area contributed by atoms with E-state index in [1.807, 2.05) is 71.5 Å². The summed E-state index contributed by atoms with van der Waals surface area (Å²) in [6.07, 6.45) is 4.88. The summed E-state index contributed by atoms with van der Waals surface area (Å²) < 4.78 is 7.12. The largest absolute Gasteiger partial charge is 0.459 e. The van der Waals surface area contributed by atoms with Gasteiger partial charge in [0.25, 0.3) is 5.91 Å². The molecule has 2 aromatic carbocycles. The zero-order valence-corrected chi connectivity index (χ0v) is 19.0. The van der Waals surface area contributed by atoms with E-state index in [4.69, 9.17) is 9.52 Å². The van der Waals surface area contributed by atoms with E-state index in [0.717, 1.165) is 28.9 Å². The van der Waals surface area contributed by atoms with Crippen molar-refractivity contribution in [3.05, 3.63) is 96.6 Å². The number of hydrogen-bond acceptors (Lipinski definition) is 4. The summed E-state index contributed by atoms with van der Waals surface area (Å²) in [6, 6.07) is 22.7. The normalized spacial score (nSPS) is 15.4. The molecule has 2 amide bonds. The van der Waals surface area contributed by atoms with Gasteiger partial charge in [-0.3, -0.25) is 9.59 Å². The number of furan rings is 1. The molecule has 1 fully saturated rings. The maximum Gasteiger partial charge on any atom is 0.290 e. The second kappa shape index (κ2) is 9.39. The van der Waals surface area contributed by atoms with Gasteiger partial charge in [-0.1, -0.05) is 48.5 Å². The molecule has 7 nitrogen and oxygen atoms in total. The number of likely N-dealkylation sites (tertiary alicyclic amines) is 1. The van der Waals surface area contributed by atoms with Crippen molar-refractivity contribution >= 4 is 11.8 Å². The SMILES string of the molecule is CN(Cc1cn(-c2ccccc2)nc1-c1ccccc1)C(=O)[C@@H]1CCCN1C(=O)c1ccco1. The number of para-hydroxylation sites is 1. The number of carbonyl (C=O) groups excluding carboxylic acids is 2. The topological polar surface area (TPSA) is 71.6 Å². The molecule has 0 bridgehead atoms. The van der Waals surface area contributed by atoms with E-state index in [1.54, 1.807) is 29.0 Å². The molecule has 3 heterocycles. The van der Waals surface area contributed by atoms with Crippen molar-refractivity contribution in [3.63, 3.8) is 0 Å². The van der Waals surface area contributed by atoms with Crippen molar-refractivity contribution in [1.82, 2.24) is 19.6 Å². The Balaban J connectivity index is 1.40. The third kappa shape index (κ3) is 4.24. The van der Waals surface area contributed by atoms with Gasteiger partial charge in [0.05, 0.1) is 17.6 Å². The van der Waals surface area contributed by atoms with Crippen LogP contribution in [-0.2, 0) is 11.3 Å². The van der Waals surface area contributed by atoms with E-state index in [1.165, 1.54) is 6.26 Å². The molecule has 4 aromatic rings. The molecule has 0 saturated carbocycles. The summed E-state index contributed by atoms with van der Waals surface area (Å²) in [6.45, 7) is 0.931. The fourth-order valence-corrected chi connectivity index (χ4v) is 4.47. The summed E-state index contributed by atoms with van der Waals surface area (Å²) >= 11 is 0. The van der Waals surface area contributed by atoms with Gasteiger partial charge in [0, 0.05) is 37.5 Å². The van der Waals surface area contributed by atoms with Crippen molar-refractivity contribution in [1.29, 1.82) is 0 Å². The molecule has 2 aromatic heterocycles. The van der Waals surface area contributed by atoms with E-state index in [0.29, 0.717) is 19.5 Å². The molecular weight excluding hydrogens is 428 g/mol. The average Bonchev–Trinajstić information content (AvgIpc) is 3.65. The number of hydrogen-bond donors (Lipinski definition) is 0. The Labute approximate surface area is 198 Å². The van der Waals surface area contributed by atoms with Crippen LogP contribution >= 0.6 is 0 Å². The van der Waals surface area contributed by atoms with Gasteiger partial charge in [0.1, 0.15) is 6.04 Å². The van der Waals surface area contributed by atoms with E-state index < -0.39 is 6.04 Å². The molecule has 7 heteroatoms. The number of rotatable bonds is 6. The molecule has 1 aliphatic heterocycles. The van der Waals surface area contributed by atoms with Gasteiger partial charge < -0.3 is 14.2 Å². The zero-order valence-electron chi connectivity index (χ0n) is 19.0. The number of nitrogens with zero attached hydrogens (tertiary/aromatic N) is 4. The zero-order chi connectivity index (χ0) is 23.5. The summed E-state index contributed by atoms with van der Waals surface area (Å²) in [7, 11) is 1.78. The van der Waals surface area contributed by atoms with Gasteiger partial charge >= 0.3 is 0 Å². The number of benzene rings is 2. The van der Waals surface area contributed by atoms with Crippen LogP contribution in [-0.4, -0.2) is 51.0 Å². The summed E-state index contributed by atoms with van der Waals surface area (Å²) in [5, 5.41) is 4.84. The summed E-state index contributed by atoms with van der Waals surface area (Å²) in [4.78, 5) is 29.6. The lowest BCUT2D eigenvalue weighted by atomic mass is 10.1. The Morgan fingerprint density at radius 2 is 1.76 bits per heavy atom. The van der Waals surface area contributed by atoms with Crippen molar-refractivity contribution in [3.8, 4) is 16.9 Å². The fraction of sp³-hybridized carbons (Fsp3) is 0.222. The van der Waals surface area contributed by atoms with Crippen LogP contribution < -0.4 is 0 Å². The molecule has 34 heavy (non-hydrogen) atoms. The summed E-state index contributed by atoms with van der Waals surface area (Å²) in [5.74, 6) is -0.0575. The molecule has 0 aliphatic carbocycles. The van der Waals surface area contributed by atoms with Crippen LogP contribution in [0, 0.1) is 0 Å². The van der Waals surface area contributed by atoms with Gasteiger partial charge in [0.2, 0.25) is 5.91 Å². The van der Waals surface area contributed by atoms with Crippen LogP contribution in [0.25, 0.3) is 16.9 Å². The first-order chi connectivity index (χ1) is 16.6. The lowest BCUT2D eigenvalue weighted by Crippen LogP contribution is -2.46. The van der Waals surface area contributed by atoms with Crippen LogP contribution in [0.1, 0.15) is 29.0 Å². The quantitative estimate of drug-likeness (QED) is 0.433. The van der Waals surface area contributed by atoms with Gasteiger partial charge in [-0.25, -0.2) is 4.68 Å². The first-order valence-corrected chi connectivity index (χ1v) is 11.4. The molecule has 0 unspecified atom stereocenters. The number of aromatic nitrogens is 2. The first-order valence-electron chi connectivity index (χ1n) is 11.4. The lowest BCUT2D eigenvalue weighted by molar-refractivity contribution is -0.134. The Hall–Kier alpha value is -4.13. The smallest absolute Gasteiger partial charge is 0.290 e. The van der Waals surface area contributed by atoms with Gasteiger partial charge in [-0.2, -0.15) is 5.10 Å². The third-order valence-electron chi connectivity index (χ3n) is 6.17. The predicted molar refractivity (Wildman–Crippen MR) is 128 cm³/mol. The fourth-order valence-electron chi connectivity index (χ4n) is 4.47. The minimum absolute atomic E-state index is 0.0797. The van der Waals surface area contributed by atoms with Gasteiger partial charge in [-0.05, 0) is 37.1 Å². The molecule has 0 spiro atoms. The molecule has 1 aliphatic rings. The molecular formula is C27H26N4O3. The van der Waals surface area contributed by atoms with Crippen LogP contribution in [0.2, 0.25) is 0 Å².